The van der Waals surface area contributed by atoms with Crippen LogP contribution < -0.4 is 4.74 Å². The zero-order valence-corrected chi connectivity index (χ0v) is 13.9. The zero-order valence-electron chi connectivity index (χ0n) is 13.9. The molecule has 2 N–H and O–H groups in total. The Labute approximate surface area is 144 Å². The molecule has 1 amide bonds. The minimum Gasteiger partial charge on any atom is -0.508 e. The molecular weight excluding hydrogens is 318 g/mol. The van der Waals surface area contributed by atoms with Gasteiger partial charge in [0.15, 0.2) is 0 Å². The average Bonchev–Trinajstić information content (AvgIpc) is 3.16. The van der Waals surface area contributed by atoms with E-state index in [1.54, 1.807) is 31.2 Å². The van der Waals surface area contributed by atoms with Gasteiger partial charge in [-0.15, -0.1) is 0 Å². The monoisotopic (exact) mass is 335 g/mol. The fraction of sp³-hybridized carbons (Fsp3) is 0.158. The number of nitrogens with one attached hydrogen (secondary N) is 1. The second-order valence-electron chi connectivity index (χ2n) is 6.00. The Morgan fingerprint density at radius 2 is 1.96 bits per heavy atom. The van der Waals surface area contributed by atoms with E-state index in [9.17, 15) is 9.90 Å². The van der Waals surface area contributed by atoms with Crippen molar-refractivity contribution < 1.29 is 14.6 Å². The molecule has 0 bridgehead atoms. The molecule has 2 aromatic carbocycles. The van der Waals surface area contributed by atoms with Gasteiger partial charge in [0.25, 0.3) is 5.91 Å². The third kappa shape index (κ3) is 2.34. The van der Waals surface area contributed by atoms with Gasteiger partial charge in [0.1, 0.15) is 17.2 Å². The molecule has 2 heterocycles. The molecule has 25 heavy (non-hydrogen) atoms. The lowest BCUT2D eigenvalue weighted by atomic mass is 9.96. The van der Waals surface area contributed by atoms with Gasteiger partial charge in [0, 0.05) is 18.2 Å². The second-order valence-corrected chi connectivity index (χ2v) is 6.00. The zero-order chi connectivity index (χ0) is 17.6. The van der Waals surface area contributed by atoms with Gasteiger partial charge in [0.05, 0.1) is 18.8 Å². The van der Waals surface area contributed by atoms with E-state index in [4.69, 9.17) is 4.74 Å². The predicted molar refractivity (Wildman–Crippen MR) is 92.6 cm³/mol. The van der Waals surface area contributed by atoms with Gasteiger partial charge in [-0.05, 0) is 29.8 Å². The van der Waals surface area contributed by atoms with Crippen molar-refractivity contribution in [3.8, 4) is 22.8 Å². The molecule has 0 spiro atoms. The normalized spacial score (nSPS) is 16.2. The van der Waals surface area contributed by atoms with Crippen LogP contribution in [-0.2, 0) is 0 Å². The third-order valence-corrected chi connectivity index (χ3v) is 4.55. The van der Waals surface area contributed by atoms with Crippen molar-refractivity contribution in [2.24, 2.45) is 0 Å². The number of methoxy groups -OCH3 is 1. The van der Waals surface area contributed by atoms with E-state index in [0.717, 1.165) is 28.1 Å². The lowest BCUT2D eigenvalue weighted by molar-refractivity contribution is 0.0788. The summed E-state index contributed by atoms with van der Waals surface area (Å²) in [5.74, 6) is 0.819. The molecule has 1 aliphatic heterocycles. The van der Waals surface area contributed by atoms with E-state index in [2.05, 4.69) is 10.2 Å². The molecule has 1 aromatic heterocycles. The number of hydrogen-bond donors (Lipinski definition) is 2. The smallest absolute Gasteiger partial charge is 0.272 e. The maximum atomic E-state index is 12.6. The predicted octanol–water partition coefficient (Wildman–Crippen LogP) is 2.97. The standard InChI is InChI=1S/C19H17N3O3/c1-22-18(11-6-8-13(23)9-7-11)15-16(20-21-17(15)19(22)24)12-4-3-5-14(10-12)25-2/h3-10,18,23H,1-2H3,(H,20,21)/t18-/m0/s1. The topological polar surface area (TPSA) is 78.5 Å². The van der Waals surface area contributed by atoms with Gasteiger partial charge >= 0.3 is 0 Å². The van der Waals surface area contributed by atoms with Crippen LogP contribution in [0.2, 0.25) is 0 Å². The quantitative estimate of drug-likeness (QED) is 0.771. The summed E-state index contributed by atoms with van der Waals surface area (Å²) in [4.78, 5) is 14.3. The van der Waals surface area contributed by atoms with Crippen molar-refractivity contribution in [1.29, 1.82) is 0 Å². The van der Waals surface area contributed by atoms with Gasteiger partial charge in [-0.25, -0.2) is 0 Å². The summed E-state index contributed by atoms with van der Waals surface area (Å²) < 4.78 is 5.30. The number of amides is 1. The summed E-state index contributed by atoms with van der Waals surface area (Å²) in [5, 5.41) is 16.8. The Morgan fingerprint density at radius 1 is 1.20 bits per heavy atom. The van der Waals surface area contributed by atoms with Crippen LogP contribution in [0.4, 0.5) is 0 Å². The van der Waals surface area contributed by atoms with Crippen LogP contribution in [0, 0.1) is 0 Å². The number of aromatic amines is 1. The molecule has 6 heteroatoms. The van der Waals surface area contributed by atoms with Crippen LogP contribution in [0.1, 0.15) is 27.7 Å². The van der Waals surface area contributed by atoms with Gasteiger partial charge in [0.2, 0.25) is 0 Å². The summed E-state index contributed by atoms with van der Waals surface area (Å²) in [6, 6.07) is 14.2. The number of nitrogens with zero attached hydrogens (tertiary/aromatic N) is 2. The van der Waals surface area contributed by atoms with E-state index >= 15 is 0 Å². The number of carbonyl (C=O) groups excluding carboxylic acids is 1. The van der Waals surface area contributed by atoms with E-state index in [-0.39, 0.29) is 17.7 Å². The lowest BCUT2D eigenvalue weighted by Crippen LogP contribution is -2.24. The summed E-state index contributed by atoms with van der Waals surface area (Å²) >= 11 is 0. The molecule has 126 valence electrons. The number of ether oxygens (including phenoxy) is 1. The van der Waals surface area contributed by atoms with Crippen molar-refractivity contribution in [1.82, 2.24) is 15.1 Å². The van der Waals surface area contributed by atoms with Gasteiger partial charge in [-0.1, -0.05) is 24.3 Å². The molecule has 0 radical (unpaired) electrons. The number of phenols is 1. The minimum absolute atomic E-state index is 0.102. The van der Waals surface area contributed by atoms with Crippen molar-refractivity contribution in [2.45, 2.75) is 6.04 Å². The highest BCUT2D eigenvalue weighted by atomic mass is 16.5. The van der Waals surface area contributed by atoms with Crippen molar-refractivity contribution in [3.63, 3.8) is 0 Å². The minimum atomic E-state index is -0.261. The van der Waals surface area contributed by atoms with E-state index < -0.39 is 0 Å². The summed E-state index contributed by atoms with van der Waals surface area (Å²) in [6.45, 7) is 0. The summed E-state index contributed by atoms with van der Waals surface area (Å²) in [6.07, 6.45) is 0. The van der Waals surface area contributed by atoms with Crippen LogP contribution in [-0.4, -0.2) is 40.3 Å². The van der Waals surface area contributed by atoms with E-state index in [0.29, 0.717) is 5.69 Å². The molecule has 0 aliphatic carbocycles. The Balaban J connectivity index is 1.88. The van der Waals surface area contributed by atoms with Crippen LogP contribution in [0.3, 0.4) is 0 Å². The highest BCUT2D eigenvalue weighted by Crippen LogP contribution is 2.42. The third-order valence-electron chi connectivity index (χ3n) is 4.55. The molecular formula is C19H17N3O3. The lowest BCUT2D eigenvalue weighted by Gasteiger charge is -2.22. The molecule has 4 rings (SSSR count). The first kappa shape index (κ1) is 15.3. The van der Waals surface area contributed by atoms with Crippen LogP contribution in [0.5, 0.6) is 11.5 Å². The highest BCUT2D eigenvalue weighted by Gasteiger charge is 2.40. The number of aromatic hydroxyl groups is 1. The van der Waals surface area contributed by atoms with Gasteiger partial charge in [-0.2, -0.15) is 5.10 Å². The van der Waals surface area contributed by atoms with Crippen LogP contribution >= 0.6 is 0 Å². The number of phenolic OH excluding ortho intramolecular Hbond substituents is 1. The van der Waals surface area contributed by atoms with Crippen molar-refractivity contribution in [3.05, 3.63) is 65.4 Å². The largest absolute Gasteiger partial charge is 0.508 e. The first-order valence-electron chi connectivity index (χ1n) is 7.89. The Hall–Kier alpha value is -3.28. The summed E-state index contributed by atoms with van der Waals surface area (Å²) in [7, 11) is 3.38. The van der Waals surface area contributed by atoms with Gasteiger partial charge in [-0.3, -0.25) is 9.89 Å². The number of aromatic nitrogens is 2. The number of rotatable bonds is 3. The van der Waals surface area contributed by atoms with Gasteiger partial charge < -0.3 is 14.7 Å². The Morgan fingerprint density at radius 3 is 2.68 bits per heavy atom. The molecule has 0 saturated carbocycles. The highest BCUT2D eigenvalue weighted by molar-refractivity contribution is 6.00. The average molecular weight is 335 g/mol. The molecule has 0 saturated heterocycles. The Bertz CT molecular complexity index is 947. The number of fused-ring (bicyclic) bond motifs is 1. The van der Waals surface area contributed by atoms with Crippen molar-refractivity contribution >= 4 is 5.91 Å². The first-order chi connectivity index (χ1) is 12.1. The van der Waals surface area contributed by atoms with E-state index in [1.807, 2.05) is 36.4 Å². The Kier molecular flexibility index (Phi) is 3.46. The number of carbonyl (C=O) groups is 1. The number of benzene rings is 2. The number of hydrogen-bond acceptors (Lipinski definition) is 4. The molecule has 0 unspecified atom stereocenters. The van der Waals surface area contributed by atoms with Crippen molar-refractivity contribution in [2.75, 3.05) is 14.2 Å². The maximum absolute atomic E-state index is 12.6. The first-order valence-corrected chi connectivity index (χ1v) is 7.89. The number of H-pyrrole nitrogens is 1. The maximum Gasteiger partial charge on any atom is 0.272 e. The molecule has 1 aliphatic rings. The molecule has 0 fully saturated rings. The SMILES string of the molecule is COc1cccc(-c2n[nH]c3c2[C@H](c2ccc(O)cc2)N(C)C3=O)c1. The van der Waals surface area contributed by atoms with E-state index in [1.165, 1.54) is 0 Å². The second kappa shape index (κ2) is 5.66. The molecule has 1 atom stereocenters. The molecule has 6 nitrogen and oxygen atoms in total. The summed E-state index contributed by atoms with van der Waals surface area (Å²) in [5.41, 5.74) is 3.86. The fourth-order valence-corrected chi connectivity index (χ4v) is 3.30. The van der Waals surface area contributed by atoms with Crippen LogP contribution in [0.15, 0.2) is 48.5 Å². The molecule has 3 aromatic rings. The fourth-order valence-electron chi connectivity index (χ4n) is 3.30. The van der Waals surface area contributed by atoms with Crippen LogP contribution in [0.25, 0.3) is 11.3 Å².